The van der Waals surface area contributed by atoms with Crippen LogP contribution in [0.25, 0.3) is 22.5 Å². The Morgan fingerprint density at radius 3 is 2.44 bits per heavy atom. The summed E-state index contributed by atoms with van der Waals surface area (Å²) >= 11 is 0. The molecule has 0 amide bonds. The van der Waals surface area contributed by atoms with Crippen molar-refractivity contribution in [3.05, 3.63) is 48.0 Å². The Labute approximate surface area is 148 Å². The van der Waals surface area contributed by atoms with E-state index in [2.05, 4.69) is 47.8 Å². The van der Waals surface area contributed by atoms with E-state index in [0.29, 0.717) is 6.04 Å². The maximum atomic E-state index is 5.56. The summed E-state index contributed by atoms with van der Waals surface area (Å²) in [5, 5.41) is 4.64. The summed E-state index contributed by atoms with van der Waals surface area (Å²) in [6, 6.07) is 10.8. The Bertz CT molecular complexity index is 873. The average Bonchev–Trinajstić information content (AvgIpc) is 3.17. The highest BCUT2D eigenvalue weighted by molar-refractivity contribution is 5.81. The monoisotopic (exact) mass is 336 g/mol. The molecule has 0 aliphatic carbocycles. The molecule has 0 saturated carbocycles. The van der Waals surface area contributed by atoms with Crippen molar-refractivity contribution in [1.82, 2.24) is 19.3 Å². The van der Waals surface area contributed by atoms with Gasteiger partial charge in [-0.05, 0) is 26.7 Å². The smallest absolute Gasteiger partial charge is 0.0964 e. The summed E-state index contributed by atoms with van der Waals surface area (Å²) in [5.41, 5.74) is 6.78. The first kappa shape index (κ1) is 16.1. The Morgan fingerprint density at radius 2 is 1.80 bits per heavy atom. The molecule has 25 heavy (non-hydrogen) atoms. The third-order valence-corrected chi connectivity index (χ3v) is 5.17. The van der Waals surface area contributed by atoms with Crippen molar-refractivity contribution in [3.63, 3.8) is 0 Å². The average molecular weight is 336 g/mol. The van der Waals surface area contributed by atoms with Crippen molar-refractivity contribution in [2.24, 2.45) is 7.05 Å². The summed E-state index contributed by atoms with van der Waals surface area (Å²) in [6.07, 6.45) is 4.05. The lowest BCUT2D eigenvalue weighted by molar-refractivity contribution is 0.0699. The fraction of sp³-hybridized carbons (Fsp3) is 0.400. The number of benzene rings is 1. The molecule has 0 bridgehead atoms. The quantitative estimate of drug-likeness (QED) is 0.728. The molecule has 1 aliphatic heterocycles. The Morgan fingerprint density at radius 1 is 1.08 bits per heavy atom. The van der Waals surface area contributed by atoms with Gasteiger partial charge in [0.15, 0.2) is 0 Å². The zero-order valence-electron chi connectivity index (χ0n) is 15.1. The third-order valence-electron chi connectivity index (χ3n) is 5.17. The van der Waals surface area contributed by atoms with Gasteiger partial charge in [-0.1, -0.05) is 30.3 Å². The van der Waals surface area contributed by atoms with Crippen LogP contribution in [0.5, 0.6) is 0 Å². The van der Waals surface area contributed by atoms with E-state index in [1.54, 1.807) is 0 Å². The van der Waals surface area contributed by atoms with Crippen LogP contribution in [0.15, 0.2) is 36.7 Å². The van der Waals surface area contributed by atoms with Crippen LogP contribution < -0.4 is 0 Å². The minimum absolute atomic E-state index is 0.424. The first-order valence-corrected chi connectivity index (χ1v) is 8.87. The summed E-state index contributed by atoms with van der Waals surface area (Å²) < 4.78 is 9.87. The molecule has 5 nitrogen and oxygen atoms in total. The van der Waals surface area contributed by atoms with E-state index in [1.807, 2.05) is 24.1 Å². The molecular weight excluding hydrogens is 312 g/mol. The lowest BCUT2D eigenvalue weighted by atomic mass is 10.0. The molecule has 0 unspecified atom stereocenters. The van der Waals surface area contributed by atoms with Gasteiger partial charge in [-0.2, -0.15) is 5.10 Å². The van der Waals surface area contributed by atoms with Gasteiger partial charge in [0.05, 0.1) is 23.4 Å². The van der Waals surface area contributed by atoms with E-state index in [0.717, 1.165) is 43.0 Å². The predicted molar refractivity (Wildman–Crippen MR) is 98.4 cm³/mol. The summed E-state index contributed by atoms with van der Waals surface area (Å²) in [7, 11) is 2.00. The maximum Gasteiger partial charge on any atom is 0.0964 e. The summed E-state index contributed by atoms with van der Waals surface area (Å²) in [6.45, 7) is 5.84. The van der Waals surface area contributed by atoms with Crippen molar-refractivity contribution in [1.29, 1.82) is 0 Å². The van der Waals surface area contributed by atoms with Gasteiger partial charge >= 0.3 is 0 Å². The Kier molecular flexibility index (Phi) is 4.17. The number of aromatic nitrogens is 4. The normalized spacial score (nSPS) is 15.6. The van der Waals surface area contributed by atoms with Crippen LogP contribution in [0, 0.1) is 13.8 Å². The second kappa shape index (κ2) is 6.48. The van der Waals surface area contributed by atoms with Gasteiger partial charge in [-0.25, -0.2) is 4.98 Å². The van der Waals surface area contributed by atoms with Gasteiger partial charge < -0.3 is 9.30 Å². The van der Waals surface area contributed by atoms with Gasteiger partial charge in [-0.15, -0.1) is 0 Å². The molecule has 130 valence electrons. The first-order chi connectivity index (χ1) is 12.2. The highest BCUT2D eigenvalue weighted by Crippen LogP contribution is 2.38. The molecule has 0 spiro atoms. The highest BCUT2D eigenvalue weighted by atomic mass is 16.5. The Balaban J connectivity index is 1.93. The van der Waals surface area contributed by atoms with Crippen molar-refractivity contribution >= 4 is 0 Å². The van der Waals surface area contributed by atoms with Crippen molar-refractivity contribution < 1.29 is 4.74 Å². The van der Waals surface area contributed by atoms with Crippen LogP contribution in [0.1, 0.15) is 30.3 Å². The molecule has 0 atom stereocenters. The van der Waals surface area contributed by atoms with E-state index >= 15 is 0 Å². The summed E-state index contributed by atoms with van der Waals surface area (Å²) in [4.78, 5) is 4.81. The second-order valence-corrected chi connectivity index (χ2v) is 6.73. The SMILES string of the molecule is Cc1nn(C)c(C)c1-c1c(-c2ccccc2)ncn1C1CCOCC1. The first-order valence-electron chi connectivity index (χ1n) is 8.87. The highest BCUT2D eigenvalue weighted by Gasteiger charge is 2.26. The number of hydrogen-bond donors (Lipinski definition) is 0. The molecule has 1 aromatic carbocycles. The Hall–Kier alpha value is -2.40. The molecule has 3 heterocycles. The van der Waals surface area contributed by atoms with Crippen LogP contribution in [0.2, 0.25) is 0 Å². The largest absolute Gasteiger partial charge is 0.381 e. The fourth-order valence-corrected chi connectivity index (χ4v) is 3.77. The molecule has 4 rings (SSSR count). The lowest BCUT2D eigenvalue weighted by Crippen LogP contribution is -2.20. The van der Waals surface area contributed by atoms with Gasteiger partial charge in [0.1, 0.15) is 0 Å². The van der Waals surface area contributed by atoms with Gasteiger partial charge in [0, 0.05) is 43.1 Å². The topological polar surface area (TPSA) is 44.9 Å². The van der Waals surface area contributed by atoms with Crippen LogP contribution >= 0.6 is 0 Å². The van der Waals surface area contributed by atoms with Crippen LogP contribution in [-0.4, -0.2) is 32.5 Å². The number of nitrogens with zero attached hydrogens (tertiary/aromatic N) is 4. The maximum absolute atomic E-state index is 5.56. The molecule has 5 heteroatoms. The zero-order valence-corrected chi connectivity index (χ0v) is 15.1. The van der Waals surface area contributed by atoms with Crippen molar-refractivity contribution in [2.45, 2.75) is 32.7 Å². The van der Waals surface area contributed by atoms with Gasteiger partial charge in [0.2, 0.25) is 0 Å². The van der Waals surface area contributed by atoms with E-state index in [9.17, 15) is 0 Å². The van der Waals surface area contributed by atoms with E-state index < -0.39 is 0 Å². The second-order valence-electron chi connectivity index (χ2n) is 6.73. The number of ether oxygens (including phenoxy) is 1. The van der Waals surface area contributed by atoms with Gasteiger partial charge in [-0.3, -0.25) is 4.68 Å². The van der Waals surface area contributed by atoms with E-state index in [4.69, 9.17) is 9.72 Å². The predicted octanol–water partition coefficient (Wildman–Crippen LogP) is 3.92. The number of hydrogen-bond acceptors (Lipinski definition) is 3. The minimum Gasteiger partial charge on any atom is -0.381 e. The molecule has 1 aliphatic rings. The van der Waals surface area contributed by atoms with E-state index in [-0.39, 0.29) is 0 Å². The molecular formula is C20H24N4O. The molecule has 3 aromatic rings. The van der Waals surface area contributed by atoms with Crippen LogP contribution in [0.3, 0.4) is 0 Å². The fourth-order valence-electron chi connectivity index (χ4n) is 3.77. The molecule has 2 aromatic heterocycles. The standard InChI is InChI=1S/C20H24N4O/c1-14-18(15(2)23(3)22-14)20-19(16-7-5-4-6-8-16)21-13-24(20)17-9-11-25-12-10-17/h4-8,13,17H,9-12H2,1-3H3. The molecule has 0 N–H and O–H groups in total. The van der Waals surface area contributed by atoms with Gasteiger partial charge in [0.25, 0.3) is 0 Å². The van der Waals surface area contributed by atoms with Crippen LogP contribution in [0.4, 0.5) is 0 Å². The molecule has 1 saturated heterocycles. The number of rotatable bonds is 3. The minimum atomic E-state index is 0.424. The summed E-state index contributed by atoms with van der Waals surface area (Å²) in [5.74, 6) is 0. The molecule has 1 fully saturated rings. The zero-order chi connectivity index (χ0) is 17.4. The van der Waals surface area contributed by atoms with Crippen molar-refractivity contribution in [2.75, 3.05) is 13.2 Å². The van der Waals surface area contributed by atoms with E-state index in [1.165, 1.54) is 17.0 Å². The third kappa shape index (κ3) is 2.78. The number of aryl methyl sites for hydroxylation is 2. The number of imidazole rings is 1. The van der Waals surface area contributed by atoms with Crippen molar-refractivity contribution in [3.8, 4) is 22.5 Å². The molecule has 0 radical (unpaired) electrons. The lowest BCUT2D eigenvalue weighted by Gasteiger charge is -2.25. The van der Waals surface area contributed by atoms with Crippen LogP contribution in [-0.2, 0) is 11.8 Å².